The van der Waals surface area contributed by atoms with Crippen LogP contribution >= 0.6 is 11.6 Å². The van der Waals surface area contributed by atoms with Crippen molar-refractivity contribution in [2.45, 2.75) is 13.8 Å². The van der Waals surface area contributed by atoms with Crippen molar-refractivity contribution in [3.8, 4) is 0 Å². The van der Waals surface area contributed by atoms with Crippen molar-refractivity contribution < 1.29 is 9.53 Å². The zero-order valence-electron chi connectivity index (χ0n) is 8.90. The molecule has 0 bridgehead atoms. The molecular formula is C10H10ClN3O2. The lowest BCUT2D eigenvalue weighted by Gasteiger charge is -2.07. The molecule has 0 spiro atoms. The van der Waals surface area contributed by atoms with Crippen molar-refractivity contribution in [2.75, 3.05) is 6.61 Å². The summed E-state index contributed by atoms with van der Waals surface area (Å²) in [4.78, 5) is 15.7. The van der Waals surface area contributed by atoms with Crippen LogP contribution in [0, 0.1) is 6.92 Å². The molecule has 0 aromatic carbocycles. The number of rotatable bonds is 2. The van der Waals surface area contributed by atoms with Gasteiger partial charge >= 0.3 is 5.97 Å². The van der Waals surface area contributed by atoms with Gasteiger partial charge in [-0.25, -0.2) is 14.3 Å². The Morgan fingerprint density at radius 1 is 1.62 bits per heavy atom. The fraction of sp³-hybridized carbons (Fsp3) is 0.300. The topological polar surface area (TPSA) is 56.5 Å². The Kier molecular flexibility index (Phi) is 2.78. The highest BCUT2D eigenvalue weighted by atomic mass is 35.5. The molecule has 5 nitrogen and oxygen atoms in total. The molecule has 2 aromatic rings. The van der Waals surface area contributed by atoms with Crippen molar-refractivity contribution in [1.82, 2.24) is 14.6 Å². The maximum absolute atomic E-state index is 11.6. The highest BCUT2D eigenvalue weighted by Crippen LogP contribution is 2.20. The van der Waals surface area contributed by atoms with Crippen LogP contribution in [-0.2, 0) is 4.74 Å². The first-order chi connectivity index (χ1) is 7.65. The van der Waals surface area contributed by atoms with Gasteiger partial charge < -0.3 is 4.74 Å². The molecule has 0 aliphatic carbocycles. The molecule has 2 rings (SSSR count). The van der Waals surface area contributed by atoms with Crippen molar-refractivity contribution in [3.63, 3.8) is 0 Å². The van der Waals surface area contributed by atoms with Crippen LogP contribution in [0.15, 0.2) is 12.3 Å². The highest BCUT2D eigenvalue weighted by Gasteiger charge is 2.18. The Morgan fingerprint density at radius 3 is 3.06 bits per heavy atom. The van der Waals surface area contributed by atoms with Gasteiger partial charge in [-0.3, -0.25) is 0 Å². The first-order valence-electron chi connectivity index (χ1n) is 4.82. The lowest BCUT2D eigenvalue weighted by Crippen LogP contribution is -2.11. The zero-order chi connectivity index (χ0) is 11.7. The normalized spacial score (nSPS) is 10.7. The largest absolute Gasteiger partial charge is 0.461 e. The van der Waals surface area contributed by atoms with E-state index in [4.69, 9.17) is 16.3 Å². The van der Waals surface area contributed by atoms with Gasteiger partial charge in [0.15, 0.2) is 11.3 Å². The molecule has 0 N–H and O–H groups in total. The second-order valence-corrected chi connectivity index (χ2v) is 3.56. The predicted octanol–water partition coefficient (Wildman–Crippen LogP) is 1.87. The number of hydrogen-bond donors (Lipinski definition) is 0. The Morgan fingerprint density at radius 2 is 2.38 bits per heavy atom. The van der Waals surface area contributed by atoms with E-state index in [2.05, 4.69) is 10.1 Å². The molecule has 0 atom stereocenters. The van der Waals surface area contributed by atoms with Crippen LogP contribution in [0.3, 0.4) is 0 Å². The van der Waals surface area contributed by atoms with Gasteiger partial charge in [-0.2, -0.15) is 5.10 Å². The molecule has 0 saturated heterocycles. The van der Waals surface area contributed by atoms with Crippen LogP contribution in [-0.4, -0.2) is 27.2 Å². The van der Waals surface area contributed by atoms with E-state index in [1.54, 1.807) is 30.6 Å². The fourth-order valence-corrected chi connectivity index (χ4v) is 1.60. The summed E-state index contributed by atoms with van der Waals surface area (Å²) in [5.74, 6) is -0.515. The van der Waals surface area contributed by atoms with E-state index in [0.717, 1.165) is 0 Å². The first-order valence-corrected chi connectivity index (χ1v) is 5.20. The van der Waals surface area contributed by atoms with E-state index in [1.807, 2.05) is 0 Å². The minimum Gasteiger partial charge on any atom is -0.461 e. The third-order valence-corrected chi connectivity index (χ3v) is 2.61. The SMILES string of the molecule is CCOC(=O)c1nc2ccnn2c(C)c1Cl. The van der Waals surface area contributed by atoms with E-state index >= 15 is 0 Å². The molecule has 84 valence electrons. The van der Waals surface area contributed by atoms with Crippen molar-refractivity contribution in [3.05, 3.63) is 28.7 Å². The van der Waals surface area contributed by atoms with E-state index in [0.29, 0.717) is 17.9 Å². The summed E-state index contributed by atoms with van der Waals surface area (Å²) < 4.78 is 6.45. The average molecular weight is 240 g/mol. The predicted molar refractivity (Wildman–Crippen MR) is 58.7 cm³/mol. The maximum atomic E-state index is 11.6. The first kappa shape index (κ1) is 10.9. The monoisotopic (exact) mass is 239 g/mol. The van der Waals surface area contributed by atoms with Gasteiger partial charge in [0.25, 0.3) is 0 Å². The molecule has 2 heterocycles. The average Bonchev–Trinajstić information content (AvgIpc) is 2.71. The standard InChI is InChI=1S/C10H10ClN3O2/c1-3-16-10(15)9-8(11)6(2)14-7(13-9)4-5-12-14/h4-5H,3H2,1-2H3. The summed E-state index contributed by atoms with van der Waals surface area (Å²) in [6.07, 6.45) is 1.60. The van der Waals surface area contributed by atoms with Gasteiger partial charge in [-0.15, -0.1) is 0 Å². The number of halogens is 1. The maximum Gasteiger partial charge on any atom is 0.358 e. The van der Waals surface area contributed by atoms with Gasteiger partial charge in [0.05, 0.1) is 23.5 Å². The molecule has 0 unspecified atom stereocenters. The van der Waals surface area contributed by atoms with Crippen LogP contribution < -0.4 is 0 Å². The van der Waals surface area contributed by atoms with E-state index in [1.165, 1.54) is 0 Å². The molecule has 0 aliphatic heterocycles. The van der Waals surface area contributed by atoms with Crippen LogP contribution in [0.2, 0.25) is 5.02 Å². The summed E-state index contributed by atoms with van der Waals surface area (Å²) in [6, 6.07) is 1.70. The molecule has 16 heavy (non-hydrogen) atoms. The van der Waals surface area contributed by atoms with Crippen LogP contribution in [0.5, 0.6) is 0 Å². The summed E-state index contributed by atoms with van der Waals surface area (Å²) in [5.41, 5.74) is 1.37. The summed E-state index contributed by atoms with van der Waals surface area (Å²) in [5, 5.41) is 4.32. The number of ether oxygens (including phenoxy) is 1. The molecule has 2 aromatic heterocycles. The van der Waals surface area contributed by atoms with E-state index < -0.39 is 5.97 Å². The number of hydrogen-bond acceptors (Lipinski definition) is 4. The lowest BCUT2D eigenvalue weighted by atomic mass is 10.3. The van der Waals surface area contributed by atoms with E-state index in [-0.39, 0.29) is 10.7 Å². The second kappa shape index (κ2) is 4.09. The van der Waals surface area contributed by atoms with Crippen molar-refractivity contribution in [1.29, 1.82) is 0 Å². The summed E-state index contributed by atoms with van der Waals surface area (Å²) >= 11 is 6.04. The number of aryl methyl sites for hydroxylation is 1. The number of aromatic nitrogens is 3. The lowest BCUT2D eigenvalue weighted by molar-refractivity contribution is 0.0519. The summed E-state index contributed by atoms with van der Waals surface area (Å²) in [7, 11) is 0. The Bertz CT molecular complexity index is 550. The van der Waals surface area contributed by atoms with Crippen LogP contribution in [0.1, 0.15) is 23.1 Å². The van der Waals surface area contributed by atoms with E-state index in [9.17, 15) is 4.79 Å². The summed E-state index contributed by atoms with van der Waals surface area (Å²) in [6.45, 7) is 3.79. The van der Waals surface area contributed by atoms with Crippen molar-refractivity contribution >= 4 is 23.2 Å². The minimum atomic E-state index is -0.515. The molecule has 0 aliphatic rings. The van der Waals surface area contributed by atoms with Gasteiger partial charge in [-0.05, 0) is 13.8 Å². The van der Waals surface area contributed by atoms with Crippen LogP contribution in [0.25, 0.3) is 5.65 Å². The second-order valence-electron chi connectivity index (χ2n) is 3.18. The number of carbonyl (C=O) groups excluding carboxylic acids is 1. The van der Waals surface area contributed by atoms with Gasteiger partial charge in [0, 0.05) is 6.07 Å². The Balaban J connectivity index is 2.61. The molecule has 0 amide bonds. The number of carbonyl (C=O) groups is 1. The van der Waals surface area contributed by atoms with Crippen molar-refractivity contribution in [2.24, 2.45) is 0 Å². The molecule has 0 saturated carbocycles. The third-order valence-electron chi connectivity index (χ3n) is 2.16. The zero-order valence-corrected chi connectivity index (χ0v) is 9.65. The number of nitrogens with zero attached hydrogens (tertiary/aromatic N) is 3. The van der Waals surface area contributed by atoms with Gasteiger partial charge in [0.1, 0.15) is 0 Å². The number of esters is 1. The molecule has 0 fully saturated rings. The van der Waals surface area contributed by atoms with Gasteiger partial charge in [0.2, 0.25) is 0 Å². The van der Waals surface area contributed by atoms with Crippen LogP contribution in [0.4, 0.5) is 0 Å². The molecule has 0 radical (unpaired) electrons. The molecule has 6 heteroatoms. The highest BCUT2D eigenvalue weighted by molar-refractivity contribution is 6.33. The Labute approximate surface area is 97.0 Å². The minimum absolute atomic E-state index is 0.133. The Hall–Kier alpha value is -1.62. The quantitative estimate of drug-likeness (QED) is 0.751. The smallest absolute Gasteiger partial charge is 0.358 e. The molecular weight excluding hydrogens is 230 g/mol. The third kappa shape index (κ3) is 1.63. The number of fused-ring (bicyclic) bond motifs is 1. The van der Waals surface area contributed by atoms with Gasteiger partial charge in [-0.1, -0.05) is 11.6 Å². The fourth-order valence-electron chi connectivity index (χ4n) is 1.40.